The maximum atomic E-state index is 13.0. The summed E-state index contributed by atoms with van der Waals surface area (Å²) in [6.07, 6.45) is 2.15. The molecule has 1 fully saturated rings. The quantitative estimate of drug-likeness (QED) is 0.665. The number of aryl methyl sites for hydroxylation is 2. The third-order valence-corrected chi connectivity index (χ3v) is 7.23. The topological polar surface area (TPSA) is 95.6 Å². The molecule has 1 saturated heterocycles. The van der Waals surface area contributed by atoms with Crippen LogP contribution < -0.4 is 10.0 Å². The van der Waals surface area contributed by atoms with Crippen LogP contribution in [0.1, 0.15) is 47.7 Å². The molecule has 7 nitrogen and oxygen atoms in total. The molecule has 2 amide bonds. The van der Waals surface area contributed by atoms with Gasteiger partial charge in [0.2, 0.25) is 5.91 Å². The summed E-state index contributed by atoms with van der Waals surface area (Å²) in [4.78, 5) is 27.1. The van der Waals surface area contributed by atoms with Gasteiger partial charge >= 0.3 is 0 Å². The molecule has 0 aromatic heterocycles. The van der Waals surface area contributed by atoms with Crippen molar-refractivity contribution in [2.24, 2.45) is 5.92 Å². The average molecular weight is 458 g/mol. The molecule has 0 unspecified atom stereocenters. The van der Waals surface area contributed by atoms with Crippen molar-refractivity contribution in [1.29, 1.82) is 0 Å². The smallest absolute Gasteiger partial charge is 0.262 e. The van der Waals surface area contributed by atoms with Gasteiger partial charge in [0.25, 0.3) is 15.9 Å². The van der Waals surface area contributed by atoms with E-state index in [-0.39, 0.29) is 22.6 Å². The molecule has 1 aliphatic heterocycles. The van der Waals surface area contributed by atoms with Gasteiger partial charge in [-0.25, -0.2) is 8.42 Å². The van der Waals surface area contributed by atoms with E-state index in [1.54, 1.807) is 48.2 Å². The first-order chi connectivity index (χ1) is 15.2. The maximum absolute atomic E-state index is 13.0. The Bertz CT molecular complexity index is 1090. The van der Waals surface area contributed by atoms with Gasteiger partial charge in [-0.05, 0) is 62.9 Å². The summed E-state index contributed by atoms with van der Waals surface area (Å²) in [5.74, 6) is -0.173. The summed E-state index contributed by atoms with van der Waals surface area (Å²) in [6.45, 7) is 7.35. The number of piperidine rings is 1. The van der Waals surface area contributed by atoms with Crippen LogP contribution in [0.3, 0.4) is 0 Å². The van der Waals surface area contributed by atoms with Crippen molar-refractivity contribution in [3.63, 3.8) is 0 Å². The summed E-state index contributed by atoms with van der Waals surface area (Å²) in [5.41, 5.74) is 2.40. The zero-order chi connectivity index (χ0) is 23.3. The predicted molar refractivity (Wildman–Crippen MR) is 125 cm³/mol. The van der Waals surface area contributed by atoms with E-state index in [0.717, 1.165) is 12.0 Å². The highest BCUT2D eigenvalue weighted by Crippen LogP contribution is 2.23. The number of amides is 2. The SMILES string of the molecule is CCCNC(=O)C1CCN(C(=O)c2cccc(NS(=O)(=O)c3ccc(C)cc3C)c2)CC1. The number of nitrogens with one attached hydrogen (secondary N) is 2. The van der Waals surface area contributed by atoms with E-state index in [2.05, 4.69) is 10.0 Å². The molecule has 172 valence electrons. The van der Waals surface area contributed by atoms with Crippen LogP contribution >= 0.6 is 0 Å². The fourth-order valence-electron chi connectivity index (χ4n) is 3.95. The molecule has 32 heavy (non-hydrogen) atoms. The molecule has 1 aliphatic rings. The Balaban J connectivity index is 1.67. The lowest BCUT2D eigenvalue weighted by atomic mass is 9.95. The summed E-state index contributed by atoms with van der Waals surface area (Å²) < 4.78 is 28.3. The number of sulfonamides is 1. The molecule has 2 aromatic rings. The molecule has 8 heteroatoms. The third-order valence-electron chi connectivity index (χ3n) is 5.68. The second-order valence-electron chi connectivity index (χ2n) is 8.31. The molecule has 2 N–H and O–H groups in total. The number of nitrogens with zero attached hydrogens (tertiary/aromatic N) is 1. The van der Waals surface area contributed by atoms with E-state index in [4.69, 9.17) is 0 Å². The van der Waals surface area contributed by atoms with Gasteiger partial charge in [0, 0.05) is 36.8 Å². The minimum absolute atomic E-state index is 0.0572. The Morgan fingerprint density at radius 1 is 1.06 bits per heavy atom. The third kappa shape index (κ3) is 5.68. The lowest BCUT2D eigenvalue weighted by Gasteiger charge is -2.31. The van der Waals surface area contributed by atoms with E-state index in [0.29, 0.717) is 49.3 Å². The highest BCUT2D eigenvalue weighted by atomic mass is 32.2. The van der Waals surface area contributed by atoms with Crippen molar-refractivity contribution >= 4 is 27.5 Å². The molecule has 0 atom stereocenters. The Morgan fingerprint density at radius 3 is 2.44 bits per heavy atom. The van der Waals surface area contributed by atoms with Gasteiger partial charge in [-0.15, -0.1) is 0 Å². The number of hydrogen-bond acceptors (Lipinski definition) is 4. The number of carbonyl (C=O) groups is 2. The van der Waals surface area contributed by atoms with E-state index in [1.165, 1.54) is 0 Å². The largest absolute Gasteiger partial charge is 0.356 e. The van der Waals surface area contributed by atoms with Crippen LogP contribution in [0.15, 0.2) is 47.4 Å². The number of carbonyl (C=O) groups excluding carboxylic acids is 2. The van der Waals surface area contributed by atoms with Gasteiger partial charge in [0.05, 0.1) is 4.90 Å². The Labute approximate surface area is 190 Å². The van der Waals surface area contributed by atoms with Gasteiger partial charge < -0.3 is 10.2 Å². The summed E-state index contributed by atoms with van der Waals surface area (Å²) in [6, 6.07) is 11.7. The highest BCUT2D eigenvalue weighted by Gasteiger charge is 2.28. The van der Waals surface area contributed by atoms with Crippen molar-refractivity contribution < 1.29 is 18.0 Å². The van der Waals surface area contributed by atoms with Crippen LogP contribution in [-0.4, -0.2) is 44.8 Å². The van der Waals surface area contributed by atoms with E-state index in [1.807, 2.05) is 19.9 Å². The fraction of sp³-hybridized carbons (Fsp3) is 0.417. The monoisotopic (exact) mass is 457 g/mol. The minimum atomic E-state index is -3.77. The average Bonchev–Trinajstić information content (AvgIpc) is 2.76. The number of hydrogen-bond donors (Lipinski definition) is 2. The zero-order valence-corrected chi connectivity index (χ0v) is 19.7. The Kier molecular flexibility index (Phi) is 7.56. The molecule has 0 spiro atoms. The second kappa shape index (κ2) is 10.2. The second-order valence-corrected chi connectivity index (χ2v) is 9.96. The number of anilines is 1. The molecule has 2 aromatic carbocycles. The van der Waals surface area contributed by atoms with Gasteiger partial charge in [-0.3, -0.25) is 14.3 Å². The van der Waals surface area contributed by atoms with Crippen molar-refractivity contribution in [1.82, 2.24) is 10.2 Å². The molecule has 0 radical (unpaired) electrons. The first-order valence-corrected chi connectivity index (χ1v) is 12.5. The lowest BCUT2D eigenvalue weighted by molar-refractivity contribution is -0.126. The van der Waals surface area contributed by atoms with Crippen LogP contribution in [0.5, 0.6) is 0 Å². The van der Waals surface area contributed by atoms with Gasteiger partial charge in [0.1, 0.15) is 0 Å². The first kappa shape index (κ1) is 23.8. The van der Waals surface area contributed by atoms with Crippen LogP contribution in [0, 0.1) is 19.8 Å². The molecule has 1 heterocycles. The Hall–Kier alpha value is -2.87. The van der Waals surface area contributed by atoms with Crippen molar-refractivity contribution in [2.75, 3.05) is 24.4 Å². The van der Waals surface area contributed by atoms with Gasteiger partial charge in [-0.2, -0.15) is 0 Å². The standard InChI is InChI=1S/C24H31N3O4S/c1-4-12-25-23(28)19-10-13-27(14-11-19)24(29)20-6-5-7-21(16-20)26-32(30,31)22-9-8-17(2)15-18(22)3/h5-9,15-16,19,26H,4,10-14H2,1-3H3,(H,25,28). The molecule has 0 bridgehead atoms. The van der Waals surface area contributed by atoms with Crippen LogP contribution in [0.25, 0.3) is 0 Å². The number of benzene rings is 2. The molecule has 3 rings (SSSR count). The molecule has 0 saturated carbocycles. The zero-order valence-electron chi connectivity index (χ0n) is 18.8. The Morgan fingerprint density at radius 2 is 1.78 bits per heavy atom. The molecular weight excluding hydrogens is 426 g/mol. The maximum Gasteiger partial charge on any atom is 0.262 e. The number of rotatable bonds is 7. The summed E-state index contributed by atoms with van der Waals surface area (Å²) in [5, 5.41) is 2.92. The van der Waals surface area contributed by atoms with Crippen molar-refractivity contribution in [2.45, 2.75) is 44.9 Å². The van der Waals surface area contributed by atoms with Crippen LogP contribution in [0.2, 0.25) is 0 Å². The highest BCUT2D eigenvalue weighted by molar-refractivity contribution is 7.92. The van der Waals surface area contributed by atoms with E-state index >= 15 is 0 Å². The van der Waals surface area contributed by atoms with E-state index < -0.39 is 10.0 Å². The molecular formula is C24H31N3O4S. The van der Waals surface area contributed by atoms with E-state index in [9.17, 15) is 18.0 Å². The molecule has 0 aliphatic carbocycles. The number of likely N-dealkylation sites (tertiary alicyclic amines) is 1. The summed E-state index contributed by atoms with van der Waals surface area (Å²) >= 11 is 0. The van der Waals surface area contributed by atoms with Crippen molar-refractivity contribution in [3.05, 3.63) is 59.2 Å². The van der Waals surface area contributed by atoms with Crippen LogP contribution in [-0.2, 0) is 14.8 Å². The first-order valence-electron chi connectivity index (χ1n) is 11.0. The predicted octanol–water partition coefficient (Wildman–Crippen LogP) is 3.48. The minimum Gasteiger partial charge on any atom is -0.356 e. The normalized spacial score (nSPS) is 14.8. The van der Waals surface area contributed by atoms with Gasteiger partial charge in [-0.1, -0.05) is 30.7 Å². The van der Waals surface area contributed by atoms with Gasteiger partial charge in [0.15, 0.2) is 0 Å². The summed E-state index contributed by atoms with van der Waals surface area (Å²) in [7, 11) is -3.77. The van der Waals surface area contributed by atoms with Crippen molar-refractivity contribution in [3.8, 4) is 0 Å². The fourth-order valence-corrected chi connectivity index (χ4v) is 5.22. The van der Waals surface area contributed by atoms with Crippen LogP contribution in [0.4, 0.5) is 5.69 Å². The lowest BCUT2D eigenvalue weighted by Crippen LogP contribution is -2.43.